The van der Waals surface area contributed by atoms with Gasteiger partial charge in [0.05, 0.1) is 19.8 Å². The van der Waals surface area contributed by atoms with Crippen LogP contribution >= 0.6 is 0 Å². The van der Waals surface area contributed by atoms with E-state index < -0.39 is 52.7 Å². The van der Waals surface area contributed by atoms with Gasteiger partial charge < -0.3 is 23.7 Å². The van der Waals surface area contributed by atoms with Crippen LogP contribution in [0.3, 0.4) is 0 Å². The molecule has 1 atom stereocenters. The first-order chi connectivity index (χ1) is 18.1. The van der Waals surface area contributed by atoms with Crippen molar-refractivity contribution >= 4 is 17.8 Å². The molecule has 12 heteroatoms. The van der Waals surface area contributed by atoms with Gasteiger partial charge in [-0.15, -0.1) is 0 Å². The molecule has 198 valence electrons. The van der Waals surface area contributed by atoms with Crippen LogP contribution in [0.1, 0.15) is 22.8 Å². The molecule has 0 spiro atoms. The van der Waals surface area contributed by atoms with Crippen molar-refractivity contribution in [3.8, 4) is 28.7 Å². The Morgan fingerprint density at radius 1 is 0.895 bits per heavy atom. The van der Waals surface area contributed by atoms with Crippen LogP contribution in [0.25, 0.3) is 6.08 Å². The lowest BCUT2D eigenvalue weighted by Crippen LogP contribution is -2.29. The molecule has 0 amide bonds. The fraction of sp³-hybridized carbons (Fsp3) is 0.154. The normalized spacial score (nSPS) is 14.1. The third-order valence-corrected chi connectivity index (χ3v) is 5.38. The lowest BCUT2D eigenvalue weighted by Gasteiger charge is -2.15. The monoisotopic (exact) mass is 536 g/mol. The Morgan fingerprint density at radius 3 is 2.18 bits per heavy atom. The molecule has 4 rings (SSSR count). The number of rotatable bonds is 7. The first-order valence-electron chi connectivity index (χ1n) is 10.8. The van der Waals surface area contributed by atoms with Crippen molar-refractivity contribution in [2.24, 2.45) is 0 Å². The largest absolute Gasteiger partial charge is 0.493 e. The number of carbonyl (C=O) groups excluding carboxylic acids is 2. The Bertz CT molecular complexity index is 1460. The van der Waals surface area contributed by atoms with E-state index in [2.05, 4.69) is 4.74 Å². The van der Waals surface area contributed by atoms with Crippen LogP contribution in [-0.2, 0) is 4.79 Å². The third-order valence-electron chi connectivity index (χ3n) is 5.38. The predicted octanol–water partition coefficient (Wildman–Crippen LogP) is 5.39. The van der Waals surface area contributed by atoms with Gasteiger partial charge in [-0.2, -0.15) is 8.78 Å². The second-order valence-electron chi connectivity index (χ2n) is 7.76. The second-order valence-corrected chi connectivity index (χ2v) is 7.76. The predicted molar refractivity (Wildman–Crippen MR) is 121 cm³/mol. The average Bonchev–Trinajstić information content (AvgIpc) is 3.22. The molecular weight excluding hydrogens is 519 g/mol. The van der Waals surface area contributed by atoms with Crippen LogP contribution in [0.5, 0.6) is 28.7 Å². The number of para-hydroxylation sites is 1. The number of hydrogen-bond donors (Lipinski definition) is 0. The van der Waals surface area contributed by atoms with Gasteiger partial charge in [0.2, 0.25) is 34.9 Å². The molecule has 1 unspecified atom stereocenters. The molecule has 0 saturated heterocycles. The summed E-state index contributed by atoms with van der Waals surface area (Å²) in [5.41, 5.74) is 0.650. The minimum atomic E-state index is -2.37. The molecule has 0 aliphatic carbocycles. The molecule has 3 aromatic rings. The number of halogens is 5. The van der Waals surface area contributed by atoms with Crippen molar-refractivity contribution in [3.05, 3.63) is 82.4 Å². The summed E-state index contributed by atoms with van der Waals surface area (Å²) in [6, 6.07) is 8.81. The van der Waals surface area contributed by atoms with Crippen molar-refractivity contribution in [1.82, 2.24) is 0 Å². The van der Waals surface area contributed by atoms with Gasteiger partial charge in [-0.25, -0.2) is 18.0 Å². The van der Waals surface area contributed by atoms with E-state index in [1.54, 1.807) is 18.2 Å². The molecule has 7 nitrogen and oxygen atoms in total. The topological polar surface area (TPSA) is 80.3 Å². The van der Waals surface area contributed by atoms with Crippen LogP contribution in [0, 0.1) is 29.1 Å². The number of Topliss-reactive ketones (excluding diaryl/α,β-unsaturated/α-hetero) is 1. The lowest BCUT2D eigenvalue weighted by atomic mass is 10.1. The number of hydrogen-bond acceptors (Lipinski definition) is 7. The summed E-state index contributed by atoms with van der Waals surface area (Å²) in [4.78, 5) is 25.2. The highest BCUT2D eigenvalue weighted by Gasteiger charge is 2.31. The molecule has 1 aliphatic heterocycles. The van der Waals surface area contributed by atoms with Gasteiger partial charge in [-0.05, 0) is 31.2 Å². The minimum Gasteiger partial charge on any atom is -0.493 e. The van der Waals surface area contributed by atoms with E-state index in [-0.39, 0.29) is 22.8 Å². The van der Waals surface area contributed by atoms with Crippen LogP contribution in [0.4, 0.5) is 22.0 Å². The highest BCUT2D eigenvalue weighted by Crippen LogP contribution is 2.38. The zero-order valence-electron chi connectivity index (χ0n) is 19.9. The summed E-state index contributed by atoms with van der Waals surface area (Å²) < 4.78 is 93.7. The van der Waals surface area contributed by atoms with E-state index in [9.17, 15) is 31.5 Å². The summed E-state index contributed by atoms with van der Waals surface area (Å²) in [6.45, 7) is 0.982. The maximum Gasteiger partial charge on any atom is 0.352 e. The number of fused-ring (bicyclic) bond motifs is 1. The van der Waals surface area contributed by atoms with E-state index in [0.29, 0.717) is 17.1 Å². The van der Waals surface area contributed by atoms with Crippen LogP contribution < -0.4 is 23.7 Å². The van der Waals surface area contributed by atoms with E-state index in [0.717, 1.165) is 6.92 Å². The minimum absolute atomic E-state index is 0.0433. The van der Waals surface area contributed by atoms with E-state index in [1.165, 1.54) is 38.5 Å². The Labute approximate surface area is 211 Å². The summed E-state index contributed by atoms with van der Waals surface area (Å²) >= 11 is 0. The van der Waals surface area contributed by atoms with Crippen molar-refractivity contribution in [1.29, 1.82) is 0 Å². The molecule has 0 fully saturated rings. The Morgan fingerprint density at radius 2 is 1.55 bits per heavy atom. The summed E-state index contributed by atoms with van der Waals surface area (Å²) in [5.74, 6) is -14.0. The van der Waals surface area contributed by atoms with Crippen LogP contribution in [-0.4, -0.2) is 32.1 Å². The first kappa shape index (κ1) is 26.5. The first-order valence-corrected chi connectivity index (χ1v) is 10.8. The second kappa shape index (κ2) is 10.4. The number of benzene rings is 3. The van der Waals surface area contributed by atoms with Crippen molar-refractivity contribution in [2.45, 2.75) is 13.0 Å². The van der Waals surface area contributed by atoms with Gasteiger partial charge in [0.15, 0.2) is 29.1 Å². The molecule has 0 bridgehead atoms. The molecular formula is C26H17F5O7. The van der Waals surface area contributed by atoms with Crippen LogP contribution in [0.2, 0.25) is 0 Å². The summed E-state index contributed by atoms with van der Waals surface area (Å²) in [5, 5.41) is 0. The molecule has 0 radical (unpaired) electrons. The molecule has 3 aromatic carbocycles. The quantitative estimate of drug-likeness (QED) is 0.100. The van der Waals surface area contributed by atoms with E-state index in [1.807, 2.05) is 0 Å². The smallest absolute Gasteiger partial charge is 0.352 e. The van der Waals surface area contributed by atoms with Crippen molar-refractivity contribution < 1.29 is 55.2 Å². The van der Waals surface area contributed by atoms with Gasteiger partial charge in [0.1, 0.15) is 11.5 Å². The molecule has 0 saturated carbocycles. The summed E-state index contributed by atoms with van der Waals surface area (Å²) in [6.07, 6.45) is -0.343. The SMILES string of the molecule is COc1cccc(/C=C2\Oc3cc(OC(=O)C(C)Oc4c(F)c(F)c(F)c(F)c4F)ccc3C2=O)c1OC. The molecule has 38 heavy (non-hydrogen) atoms. The third kappa shape index (κ3) is 4.72. The number of esters is 1. The number of allylic oxidation sites excluding steroid dienone is 1. The van der Waals surface area contributed by atoms with E-state index >= 15 is 0 Å². The zero-order valence-corrected chi connectivity index (χ0v) is 19.9. The number of carbonyl (C=O) groups is 2. The van der Waals surface area contributed by atoms with Gasteiger partial charge in [-0.3, -0.25) is 4.79 Å². The van der Waals surface area contributed by atoms with Crippen LogP contribution in [0.15, 0.2) is 42.2 Å². The van der Waals surface area contributed by atoms with Gasteiger partial charge in [0.25, 0.3) is 0 Å². The van der Waals surface area contributed by atoms with E-state index in [4.69, 9.17) is 18.9 Å². The van der Waals surface area contributed by atoms with Crippen molar-refractivity contribution in [2.75, 3.05) is 14.2 Å². The maximum atomic E-state index is 13.9. The fourth-order valence-electron chi connectivity index (χ4n) is 3.51. The Kier molecular flexibility index (Phi) is 7.24. The number of methoxy groups -OCH3 is 2. The molecule has 0 aromatic heterocycles. The lowest BCUT2D eigenvalue weighted by molar-refractivity contribution is -0.141. The van der Waals surface area contributed by atoms with Gasteiger partial charge >= 0.3 is 5.97 Å². The van der Waals surface area contributed by atoms with Gasteiger partial charge in [-0.1, -0.05) is 12.1 Å². The fourth-order valence-corrected chi connectivity index (χ4v) is 3.51. The van der Waals surface area contributed by atoms with Crippen molar-refractivity contribution in [3.63, 3.8) is 0 Å². The highest BCUT2D eigenvalue weighted by atomic mass is 19.2. The molecule has 1 heterocycles. The standard InChI is InChI=1S/C26H17F5O7/c1-11(36-25-21(30)19(28)18(27)20(29)22(25)31)26(33)37-13-7-8-14-16(10-13)38-17(23(14)32)9-12-5-4-6-15(34-2)24(12)35-3/h4-11H,1-3H3/b17-9-. The summed E-state index contributed by atoms with van der Waals surface area (Å²) in [7, 11) is 2.89. The number of ether oxygens (including phenoxy) is 5. The average molecular weight is 536 g/mol. The molecule has 1 aliphatic rings. The van der Waals surface area contributed by atoms with Gasteiger partial charge in [0, 0.05) is 11.6 Å². The Hall–Kier alpha value is -4.61. The number of ketones is 1. The maximum absolute atomic E-state index is 13.9. The molecule has 0 N–H and O–H groups in total. The highest BCUT2D eigenvalue weighted by molar-refractivity contribution is 6.14. The zero-order chi connectivity index (χ0) is 27.7. The Balaban J connectivity index is 1.52.